The molecule has 222 valence electrons. The molecule has 40 heavy (non-hydrogen) atoms. The first-order chi connectivity index (χ1) is 18.8. The van der Waals surface area contributed by atoms with Crippen LogP contribution in [0.25, 0.3) is 0 Å². The van der Waals surface area contributed by atoms with Crippen molar-refractivity contribution >= 4 is 12.1 Å². The molecule has 1 saturated heterocycles. The lowest BCUT2D eigenvalue weighted by Crippen LogP contribution is -2.66. The highest BCUT2D eigenvalue weighted by Crippen LogP contribution is 2.77. The van der Waals surface area contributed by atoms with Crippen molar-refractivity contribution in [3.63, 3.8) is 0 Å². The van der Waals surface area contributed by atoms with Crippen LogP contribution in [-0.2, 0) is 19.1 Å². The number of allylic oxidation sites excluding steroid dienone is 3. The molecule has 10 unspecified atom stereocenters. The fourth-order valence-corrected chi connectivity index (χ4v) is 12.3. The van der Waals surface area contributed by atoms with Gasteiger partial charge in [-0.3, -0.25) is 9.59 Å². The molecule has 6 aliphatic rings. The molecule has 4 heteroatoms. The molecule has 10 atom stereocenters. The van der Waals surface area contributed by atoms with Crippen molar-refractivity contribution < 1.29 is 19.1 Å². The molecule has 0 aromatic carbocycles. The normalized spacial score (nSPS) is 49.6. The zero-order chi connectivity index (χ0) is 28.7. The zero-order valence-electron chi connectivity index (χ0n) is 26.2. The Morgan fingerprint density at radius 1 is 0.975 bits per heavy atom. The summed E-state index contributed by atoms with van der Waals surface area (Å²) >= 11 is 0. The fraction of sp³-hybridized carbons (Fsp3) is 0.833. The molecule has 5 fully saturated rings. The third-order valence-corrected chi connectivity index (χ3v) is 14.4. The van der Waals surface area contributed by atoms with Crippen molar-refractivity contribution in [1.29, 1.82) is 0 Å². The summed E-state index contributed by atoms with van der Waals surface area (Å²) in [6.07, 6.45) is 15.9. The Balaban J connectivity index is 1.36. The Kier molecular flexibility index (Phi) is 6.94. The van der Waals surface area contributed by atoms with E-state index >= 15 is 0 Å². The number of carbonyl (C=O) groups is 2. The summed E-state index contributed by atoms with van der Waals surface area (Å²) in [5, 5.41) is 0. The summed E-state index contributed by atoms with van der Waals surface area (Å²) in [5.41, 5.74) is 1.77. The van der Waals surface area contributed by atoms with Crippen molar-refractivity contribution in [3.8, 4) is 0 Å². The van der Waals surface area contributed by atoms with E-state index in [1.54, 1.807) is 0 Å². The van der Waals surface area contributed by atoms with Gasteiger partial charge in [0.2, 0.25) is 0 Å². The van der Waals surface area contributed by atoms with E-state index in [1.165, 1.54) is 56.9 Å². The average Bonchev–Trinajstić information content (AvgIpc) is 3.31. The second-order valence-electron chi connectivity index (χ2n) is 16.3. The topological polar surface area (TPSA) is 52.6 Å². The third-order valence-electron chi connectivity index (χ3n) is 14.4. The standard InChI is InChI=1S/C36H54O4/c1-23(2)25-13-16-36(22-40-29-10-8-9-19-39-29)18-17-34(6)26(30(25)36)11-12-28-33(5)20-24(21-37)31(38)32(3,4)27(33)14-15-35(28,34)7/h20-21,25-30H,1,8-19,22H2,2-7H3. The second-order valence-corrected chi connectivity index (χ2v) is 16.3. The predicted octanol–water partition coefficient (Wildman–Crippen LogP) is 8.10. The molecular formula is C36H54O4. The van der Waals surface area contributed by atoms with E-state index < -0.39 is 5.41 Å². The summed E-state index contributed by atoms with van der Waals surface area (Å²) in [7, 11) is 0. The molecule has 5 aliphatic carbocycles. The van der Waals surface area contributed by atoms with Gasteiger partial charge in [0.15, 0.2) is 18.4 Å². The summed E-state index contributed by atoms with van der Waals surface area (Å²) in [6, 6.07) is 0. The molecule has 6 rings (SSSR count). The minimum atomic E-state index is -0.491. The number of ether oxygens (including phenoxy) is 2. The van der Waals surface area contributed by atoms with Crippen LogP contribution in [0, 0.1) is 56.7 Å². The molecule has 1 aliphatic heterocycles. The van der Waals surface area contributed by atoms with Gasteiger partial charge < -0.3 is 9.47 Å². The summed E-state index contributed by atoms with van der Waals surface area (Å²) in [6.45, 7) is 20.3. The van der Waals surface area contributed by atoms with Gasteiger partial charge in [0.05, 0.1) is 12.2 Å². The number of rotatable bonds is 5. The third kappa shape index (κ3) is 3.83. The van der Waals surface area contributed by atoms with Crippen molar-refractivity contribution in [1.82, 2.24) is 0 Å². The van der Waals surface area contributed by atoms with E-state index in [0.29, 0.717) is 29.2 Å². The van der Waals surface area contributed by atoms with Crippen LogP contribution in [-0.4, -0.2) is 31.6 Å². The molecule has 0 radical (unpaired) electrons. The fourth-order valence-electron chi connectivity index (χ4n) is 12.3. The van der Waals surface area contributed by atoms with Gasteiger partial charge in [0.1, 0.15) is 0 Å². The molecule has 1 heterocycles. The van der Waals surface area contributed by atoms with Crippen molar-refractivity contribution in [2.75, 3.05) is 13.2 Å². The zero-order valence-corrected chi connectivity index (χ0v) is 26.2. The van der Waals surface area contributed by atoms with Crippen molar-refractivity contribution in [2.24, 2.45) is 56.7 Å². The van der Waals surface area contributed by atoms with Gasteiger partial charge in [-0.1, -0.05) is 52.8 Å². The molecule has 0 amide bonds. The quantitative estimate of drug-likeness (QED) is 0.197. The Labute approximate surface area is 243 Å². The number of Topliss-reactive ketones (excluding diaryl/α,β-unsaturated/α-hetero) is 1. The van der Waals surface area contributed by atoms with Crippen molar-refractivity contribution in [3.05, 3.63) is 23.8 Å². The lowest BCUT2D eigenvalue weighted by molar-refractivity contribution is -0.235. The maximum absolute atomic E-state index is 13.3. The second kappa shape index (κ2) is 9.63. The molecular weight excluding hydrogens is 496 g/mol. The van der Waals surface area contributed by atoms with E-state index in [9.17, 15) is 9.59 Å². The highest BCUT2D eigenvalue weighted by atomic mass is 16.7. The van der Waals surface area contributed by atoms with Gasteiger partial charge in [-0.05, 0) is 129 Å². The number of carbonyl (C=O) groups excluding carboxylic acids is 2. The monoisotopic (exact) mass is 550 g/mol. The lowest BCUT2D eigenvalue weighted by Gasteiger charge is -2.71. The Hall–Kier alpha value is -1.26. The Bertz CT molecular complexity index is 1100. The SMILES string of the molecule is C=C(C)C1CCC2(COC3CCCCO3)CCC3(C)C(CCC4C5(C)C=C(C=O)C(=O)C(C)(C)C5CCC43C)C12. The summed E-state index contributed by atoms with van der Waals surface area (Å²) < 4.78 is 12.6. The largest absolute Gasteiger partial charge is 0.353 e. The molecule has 4 nitrogen and oxygen atoms in total. The molecule has 4 saturated carbocycles. The van der Waals surface area contributed by atoms with E-state index in [4.69, 9.17) is 9.47 Å². The lowest BCUT2D eigenvalue weighted by atomic mass is 9.33. The van der Waals surface area contributed by atoms with E-state index in [2.05, 4.69) is 54.2 Å². The number of aldehydes is 1. The molecule has 0 aromatic rings. The summed E-state index contributed by atoms with van der Waals surface area (Å²) in [5.74, 6) is 2.65. The molecule has 0 aromatic heterocycles. The first-order valence-corrected chi connectivity index (χ1v) is 16.5. The van der Waals surface area contributed by atoms with Crippen LogP contribution in [0.2, 0.25) is 0 Å². The number of fused-ring (bicyclic) bond motifs is 7. The van der Waals surface area contributed by atoms with Crippen LogP contribution in [0.3, 0.4) is 0 Å². The minimum absolute atomic E-state index is 0.0272. The highest BCUT2D eigenvalue weighted by molar-refractivity contribution is 6.15. The van der Waals surface area contributed by atoms with Gasteiger partial charge in [0, 0.05) is 12.0 Å². The maximum Gasteiger partial charge on any atom is 0.171 e. The van der Waals surface area contributed by atoms with Crippen molar-refractivity contribution in [2.45, 2.75) is 118 Å². The first kappa shape index (κ1) is 28.8. The van der Waals surface area contributed by atoms with Gasteiger partial charge >= 0.3 is 0 Å². The van der Waals surface area contributed by atoms with E-state index in [-0.39, 0.29) is 39.7 Å². The van der Waals surface area contributed by atoms with Gasteiger partial charge in [-0.25, -0.2) is 0 Å². The van der Waals surface area contributed by atoms with E-state index in [1.807, 2.05) is 0 Å². The van der Waals surface area contributed by atoms with Crippen LogP contribution < -0.4 is 0 Å². The van der Waals surface area contributed by atoms with Crippen LogP contribution in [0.4, 0.5) is 0 Å². The molecule has 0 spiro atoms. The Morgan fingerprint density at radius 2 is 1.75 bits per heavy atom. The Morgan fingerprint density at radius 3 is 2.42 bits per heavy atom. The number of ketones is 1. The van der Waals surface area contributed by atoms with Crippen LogP contribution >= 0.6 is 0 Å². The van der Waals surface area contributed by atoms with Crippen LogP contribution in [0.5, 0.6) is 0 Å². The van der Waals surface area contributed by atoms with E-state index in [0.717, 1.165) is 38.8 Å². The van der Waals surface area contributed by atoms with Crippen LogP contribution in [0.1, 0.15) is 112 Å². The molecule has 0 N–H and O–H groups in total. The predicted molar refractivity (Wildman–Crippen MR) is 158 cm³/mol. The first-order valence-electron chi connectivity index (χ1n) is 16.5. The van der Waals surface area contributed by atoms with Gasteiger partial charge in [0.25, 0.3) is 0 Å². The minimum Gasteiger partial charge on any atom is -0.353 e. The number of hydrogen-bond acceptors (Lipinski definition) is 4. The molecule has 0 bridgehead atoms. The average molecular weight is 551 g/mol. The smallest absolute Gasteiger partial charge is 0.171 e. The highest BCUT2D eigenvalue weighted by Gasteiger charge is 2.70. The number of hydrogen-bond donors (Lipinski definition) is 0. The van der Waals surface area contributed by atoms with Gasteiger partial charge in [-0.2, -0.15) is 0 Å². The van der Waals surface area contributed by atoms with Crippen LogP contribution in [0.15, 0.2) is 23.8 Å². The summed E-state index contributed by atoms with van der Waals surface area (Å²) in [4.78, 5) is 25.4. The maximum atomic E-state index is 13.3. The van der Waals surface area contributed by atoms with Gasteiger partial charge in [-0.15, -0.1) is 0 Å².